The maximum Gasteiger partial charge on any atom is 2.00 e. The summed E-state index contributed by atoms with van der Waals surface area (Å²) >= 11 is 17.6. The average Bonchev–Trinajstić information content (AvgIpc) is 2.47. The van der Waals surface area contributed by atoms with Gasteiger partial charge in [-0.3, -0.25) is 9.59 Å². The van der Waals surface area contributed by atoms with Crippen LogP contribution in [-0.2, 0) is 60.8 Å². The van der Waals surface area contributed by atoms with Gasteiger partial charge in [-0.15, -0.1) is 12.6 Å². The van der Waals surface area contributed by atoms with E-state index in [4.69, 9.17) is 0 Å². The maximum atomic E-state index is 10.6. The van der Waals surface area contributed by atoms with Crippen molar-refractivity contribution in [1.29, 1.82) is 0 Å². The third-order valence-electron chi connectivity index (χ3n) is 2.07. The van der Waals surface area contributed by atoms with Crippen LogP contribution in [0.1, 0.15) is 25.7 Å². The van der Waals surface area contributed by atoms with Gasteiger partial charge in [0.1, 0.15) is 4.32 Å². The van der Waals surface area contributed by atoms with Crippen molar-refractivity contribution in [3.8, 4) is 0 Å². The molecule has 0 unspecified atom stereocenters. The van der Waals surface area contributed by atoms with E-state index in [2.05, 4.69) is 69.9 Å². The number of nitrogens with one attached hydrogen (secondary N) is 1. The van der Waals surface area contributed by atoms with Crippen LogP contribution in [-0.4, -0.2) is 47.9 Å². The molecule has 0 radical (unpaired) electrons. The monoisotopic (exact) mass is 442 g/mol. The molecule has 0 saturated heterocycles. The molecule has 0 rings (SSSR count). The Hall–Kier alpha value is -0.216. The van der Waals surface area contributed by atoms with E-state index in [0.29, 0.717) is 43.1 Å². The molecule has 0 amide bonds. The largest absolute Gasteiger partial charge is 2.00 e. The predicted octanol–water partition coefficient (Wildman–Crippen LogP) is 1.13. The molecule has 0 heterocycles. The van der Waals surface area contributed by atoms with Crippen LogP contribution in [0.25, 0.3) is 0 Å². The van der Waals surface area contributed by atoms with Crippen molar-refractivity contribution in [2.45, 2.75) is 25.7 Å². The second kappa shape index (κ2) is 19.8. The van der Waals surface area contributed by atoms with E-state index < -0.39 is 0 Å². The van der Waals surface area contributed by atoms with Crippen molar-refractivity contribution in [2.75, 3.05) is 27.3 Å². The van der Waals surface area contributed by atoms with Crippen LogP contribution in [0.15, 0.2) is 4.99 Å². The van der Waals surface area contributed by atoms with E-state index in [-0.39, 0.29) is 32.8 Å². The van der Waals surface area contributed by atoms with Crippen molar-refractivity contribution in [2.24, 2.45) is 4.99 Å². The summed E-state index contributed by atoms with van der Waals surface area (Å²) in [6.07, 6.45) is 2.15. The normalized spacial score (nSPS) is 8.48. The van der Waals surface area contributed by atoms with Gasteiger partial charge in [-0.1, -0.05) is 12.2 Å². The van der Waals surface area contributed by atoms with E-state index in [1.807, 2.05) is 0 Å². The van der Waals surface area contributed by atoms with Gasteiger partial charge in [0.15, 0.2) is 0 Å². The van der Waals surface area contributed by atoms with Crippen molar-refractivity contribution < 1.29 is 35.6 Å². The Morgan fingerprint density at radius 1 is 1.13 bits per heavy atom. The van der Waals surface area contributed by atoms with Crippen molar-refractivity contribution in [3.63, 3.8) is 0 Å². The summed E-state index contributed by atoms with van der Waals surface area (Å²) in [5.41, 5.74) is 0. The summed E-state index contributed by atoms with van der Waals surface area (Å²) in [4.78, 5) is 24.9. The van der Waals surface area contributed by atoms with Crippen molar-refractivity contribution in [1.82, 2.24) is 5.32 Å². The molecule has 0 saturated carbocycles. The molecule has 136 valence electrons. The molecule has 0 aliphatic heterocycles. The number of carbonyl (C=O) groups excluding carboxylic acids is 2. The zero-order valence-corrected chi connectivity index (χ0v) is 17.1. The molecule has 0 bridgehead atoms. The Labute approximate surface area is 169 Å². The van der Waals surface area contributed by atoms with Crippen LogP contribution >= 0.6 is 24.8 Å². The number of thiol groups is 1. The van der Waals surface area contributed by atoms with Crippen LogP contribution < -0.4 is 5.32 Å². The molecule has 0 atom stereocenters. The molecular weight excluding hydrogens is 423 g/mol. The summed E-state index contributed by atoms with van der Waals surface area (Å²) < 4.78 is 9.53. The summed E-state index contributed by atoms with van der Waals surface area (Å²) in [7, 11) is 2.73. The number of hydrogen-bond acceptors (Lipinski definition) is 8. The number of aliphatic imine (C=N–C) groups is 1. The zero-order valence-electron chi connectivity index (χ0n) is 12.8. The maximum absolute atomic E-state index is 10.6. The number of carbonyl (C=O) groups is 2. The fourth-order valence-electron chi connectivity index (χ4n) is 1.03. The SMILES string of the molecule is COC(=O)CCCN=C([S-])[S-].COC(=O)CCCNC(=S)S.[Ni+2]. The first kappa shape index (κ1) is 27.6. The Bertz CT molecular complexity index is 380. The van der Waals surface area contributed by atoms with Gasteiger partial charge in [-0.2, -0.15) is 0 Å². The smallest absolute Gasteiger partial charge is 0.789 e. The van der Waals surface area contributed by atoms with Gasteiger partial charge in [-0.25, -0.2) is 4.38 Å². The van der Waals surface area contributed by atoms with Gasteiger partial charge in [0.25, 0.3) is 0 Å². The number of hydrogen-bond donors (Lipinski definition) is 2. The van der Waals surface area contributed by atoms with Crippen LogP contribution in [0.5, 0.6) is 0 Å². The van der Waals surface area contributed by atoms with Gasteiger partial charge in [0, 0.05) is 25.9 Å². The van der Waals surface area contributed by atoms with Gasteiger partial charge < -0.3 is 45.0 Å². The first-order valence-electron chi connectivity index (χ1n) is 6.32. The molecule has 11 heteroatoms. The summed E-state index contributed by atoms with van der Waals surface area (Å²) in [5.74, 6) is -0.424. The van der Waals surface area contributed by atoms with E-state index in [0.717, 1.165) is 0 Å². The third kappa shape index (κ3) is 27.0. The molecule has 0 fully saturated rings. The fourth-order valence-corrected chi connectivity index (χ4v) is 1.42. The minimum absolute atomic E-state index is 0. The molecule has 23 heavy (non-hydrogen) atoms. The summed E-state index contributed by atoms with van der Waals surface area (Å²) in [6.45, 7) is 1.18. The number of esters is 2. The van der Waals surface area contributed by atoms with Crippen LogP contribution in [0.3, 0.4) is 0 Å². The van der Waals surface area contributed by atoms with Gasteiger partial charge in [-0.05, 0) is 12.8 Å². The van der Waals surface area contributed by atoms with Crippen LogP contribution in [0.4, 0.5) is 0 Å². The number of nitrogens with zero attached hydrogens (tertiary/aromatic N) is 1. The number of thiocarbonyl (C=S) groups is 1. The first-order valence-corrected chi connectivity index (χ1v) is 7.99. The summed E-state index contributed by atoms with van der Waals surface area (Å²) in [6, 6.07) is 0. The van der Waals surface area contributed by atoms with Crippen molar-refractivity contribution in [3.05, 3.63) is 0 Å². The Morgan fingerprint density at radius 3 is 2.00 bits per heavy atom. The molecule has 0 aliphatic carbocycles. The Morgan fingerprint density at radius 2 is 1.61 bits per heavy atom. The zero-order chi connectivity index (χ0) is 17.4. The van der Waals surface area contributed by atoms with E-state index in [9.17, 15) is 9.59 Å². The molecular formula is C12H20N2NiO4S4. The van der Waals surface area contributed by atoms with Gasteiger partial charge in [0.05, 0.1) is 14.2 Å². The minimum Gasteiger partial charge on any atom is -0.789 e. The van der Waals surface area contributed by atoms with Crippen LogP contribution in [0.2, 0.25) is 0 Å². The van der Waals surface area contributed by atoms with Crippen molar-refractivity contribution >= 4 is 70.7 Å². The summed E-state index contributed by atoms with van der Waals surface area (Å²) in [5, 5.41) is 2.81. The standard InChI is InChI=1S/2C6H11NO2S2.Ni/c2*1-9-5(8)3-2-4-7-6(10)11;/h2*2-4H2,1H3,(H2,7,10,11);/q;;+2/p-2. The molecule has 0 aromatic rings. The fraction of sp³-hybridized carbons (Fsp3) is 0.667. The van der Waals surface area contributed by atoms with E-state index in [1.54, 1.807) is 0 Å². The molecule has 0 spiro atoms. The first-order chi connectivity index (χ1) is 10.3. The molecule has 0 aliphatic rings. The Kier molecular flexibility index (Phi) is 23.8. The van der Waals surface area contributed by atoms with Gasteiger partial charge in [0.2, 0.25) is 0 Å². The molecule has 0 aromatic heterocycles. The second-order valence-corrected chi connectivity index (χ2v) is 5.93. The number of rotatable bonds is 8. The molecule has 1 N–H and O–H groups in total. The minimum atomic E-state index is -0.226. The van der Waals surface area contributed by atoms with E-state index >= 15 is 0 Å². The average molecular weight is 443 g/mol. The number of methoxy groups -OCH3 is 2. The molecule has 0 aromatic carbocycles. The quantitative estimate of drug-likeness (QED) is 0.0846. The third-order valence-corrected chi connectivity index (χ3v) is 2.63. The second-order valence-electron chi connectivity index (χ2n) is 3.74. The number of ether oxygens (including phenoxy) is 2. The van der Waals surface area contributed by atoms with Gasteiger partial charge >= 0.3 is 28.4 Å². The molecule has 6 nitrogen and oxygen atoms in total. The van der Waals surface area contributed by atoms with Crippen LogP contribution in [0, 0.1) is 0 Å². The van der Waals surface area contributed by atoms with E-state index in [1.165, 1.54) is 14.2 Å². The topological polar surface area (TPSA) is 77.0 Å². The Balaban J connectivity index is -0.000000333. The predicted molar refractivity (Wildman–Crippen MR) is 99.1 cm³/mol.